The summed E-state index contributed by atoms with van der Waals surface area (Å²) < 4.78 is 1.48. The SMILES string of the molecule is c1csc(SC2CCSC2)c1. The molecule has 1 unspecified atom stereocenters. The van der Waals surface area contributed by atoms with Crippen LogP contribution in [0.2, 0.25) is 0 Å². The first-order chi connectivity index (χ1) is 5.45. The Morgan fingerprint density at radius 2 is 2.55 bits per heavy atom. The summed E-state index contributed by atoms with van der Waals surface area (Å²) in [5, 5.41) is 3.04. The van der Waals surface area contributed by atoms with Gasteiger partial charge < -0.3 is 0 Å². The summed E-state index contributed by atoms with van der Waals surface area (Å²) >= 11 is 6.01. The van der Waals surface area contributed by atoms with Gasteiger partial charge in [0.05, 0.1) is 4.21 Å². The second kappa shape index (κ2) is 3.87. The van der Waals surface area contributed by atoms with Crippen molar-refractivity contribution < 1.29 is 0 Å². The van der Waals surface area contributed by atoms with Gasteiger partial charge in [-0.15, -0.1) is 23.1 Å². The van der Waals surface area contributed by atoms with Crippen LogP contribution in [0.1, 0.15) is 6.42 Å². The normalized spacial score (nSPS) is 24.2. The van der Waals surface area contributed by atoms with Crippen molar-refractivity contribution in [3.05, 3.63) is 17.5 Å². The van der Waals surface area contributed by atoms with Gasteiger partial charge in [-0.3, -0.25) is 0 Å². The topological polar surface area (TPSA) is 0 Å². The molecule has 1 aliphatic heterocycles. The predicted molar refractivity (Wildman–Crippen MR) is 55.9 cm³/mol. The molecule has 11 heavy (non-hydrogen) atoms. The first kappa shape index (κ1) is 8.02. The van der Waals surface area contributed by atoms with E-state index in [-0.39, 0.29) is 0 Å². The van der Waals surface area contributed by atoms with E-state index < -0.39 is 0 Å². The van der Waals surface area contributed by atoms with Crippen molar-refractivity contribution in [3.63, 3.8) is 0 Å². The minimum atomic E-state index is 0.888. The lowest BCUT2D eigenvalue weighted by Crippen LogP contribution is -1.96. The Hall–Kier alpha value is 0.400. The van der Waals surface area contributed by atoms with E-state index in [1.165, 1.54) is 22.1 Å². The molecule has 1 atom stereocenters. The zero-order valence-electron chi connectivity index (χ0n) is 6.16. The quantitative estimate of drug-likeness (QED) is 0.721. The molecule has 0 aliphatic carbocycles. The molecule has 0 saturated carbocycles. The average molecular weight is 202 g/mol. The van der Waals surface area contributed by atoms with Crippen LogP contribution in [0, 0.1) is 0 Å². The molecule has 0 amide bonds. The van der Waals surface area contributed by atoms with Crippen LogP contribution >= 0.6 is 34.9 Å². The van der Waals surface area contributed by atoms with Crippen molar-refractivity contribution in [2.24, 2.45) is 0 Å². The Bertz CT molecular complexity index is 199. The van der Waals surface area contributed by atoms with E-state index in [0.717, 1.165) is 5.25 Å². The van der Waals surface area contributed by atoms with Crippen molar-refractivity contribution >= 4 is 34.9 Å². The van der Waals surface area contributed by atoms with E-state index in [9.17, 15) is 0 Å². The summed E-state index contributed by atoms with van der Waals surface area (Å²) in [6.07, 6.45) is 1.40. The molecule has 0 radical (unpaired) electrons. The first-order valence-electron chi connectivity index (χ1n) is 3.73. The lowest BCUT2D eigenvalue weighted by molar-refractivity contribution is 0.971. The minimum absolute atomic E-state index is 0.888. The molecule has 0 bridgehead atoms. The van der Waals surface area contributed by atoms with Gasteiger partial charge in [-0.1, -0.05) is 6.07 Å². The third-order valence-electron chi connectivity index (χ3n) is 1.67. The van der Waals surface area contributed by atoms with Gasteiger partial charge in [0.2, 0.25) is 0 Å². The van der Waals surface area contributed by atoms with Gasteiger partial charge in [-0.05, 0) is 23.6 Å². The Morgan fingerprint density at radius 3 is 3.18 bits per heavy atom. The molecule has 2 heterocycles. The fourth-order valence-electron chi connectivity index (χ4n) is 1.10. The Morgan fingerprint density at radius 1 is 1.55 bits per heavy atom. The third-order valence-corrected chi connectivity index (χ3v) is 5.38. The zero-order valence-corrected chi connectivity index (χ0v) is 8.60. The number of rotatable bonds is 2. The molecule has 1 saturated heterocycles. The van der Waals surface area contributed by atoms with Gasteiger partial charge in [0, 0.05) is 11.0 Å². The van der Waals surface area contributed by atoms with Crippen molar-refractivity contribution in [2.75, 3.05) is 11.5 Å². The number of thiophene rings is 1. The van der Waals surface area contributed by atoms with Crippen molar-refractivity contribution in [1.82, 2.24) is 0 Å². The summed E-state index contributed by atoms with van der Waals surface area (Å²) in [6.45, 7) is 0. The highest BCUT2D eigenvalue weighted by atomic mass is 32.2. The Labute approximate surface area is 79.8 Å². The predicted octanol–water partition coefficient (Wildman–Crippen LogP) is 3.35. The van der Waals surface area contributed by atoms with Crippen LogP contribution in [-0.2, 0) is 0 Å². The highest BCUT2D eigenvalue weighted by Crippen LogP contribution is 2.35. The standard InChI is InChI=1S/C8H10S3/c1-2-8(10-4-1)11-7-3-5-9-6-7/h1-2,4,7H,3,5-6H2. The van der Waals surface area contributed by atoms with Crippen LogP contribution in [0.4, 0.5) is 0 Å². The number of hydrogen-bond acceptors (Lipinski definition) is 3. The van der Waals surface area contributed by atoms with E-state index in [1.54, 1.807) is 0 Å². The van der Waals surface area contributed by atoms with Crippen molar-refractivity contribution in [2.45, 2.75) is 15.9 Å². The molecule has 3 heteroatoms. The molecule has 0 spiro atoms. The number of thioether (sulfide) groups is 2. The van der Waals surface area contributed by atoms with Crippen molar-refractivity contribution in [3.8, 4) is 0 Å². The van der Waals surface area contributed by atoms with Gasteiger partial charge >= 0.3 is 0 Å². The molecule has 1 fully saturated rings. The molecule has 1 aromatic heterocycles. The fourth-order valence-corrected chi connectivity index (χ4v) is 4.82. The van der Waals surface area contributed by atoms with Crippen LogP contribution in [-0.4, -0.2) is 16.8 Å². The summed E-state index contributed by atoms with van der Waals surface area (Å²) in [5.74, 6) is 2.71. The maximum atomic E-state index is 2.22. The molecular formula is C8H10S3. The second-order valence-corrected chi connectivity index (χ2v) is 6.23. The second-order valence-electron chi connectivity index (χ2n) is 2.54. The third kappa shape index (κ3) is 2.17. The van der Waals surface area contributed by atoms with Crippen LogP contribution in [0.3, 0.4) is 0 Å². The Balaban J connectivity index is 1.90. The van der Waals surface area contributed by atoms with E-state index in [2.05, 4.69) is 41.0 Å². The van der Waals surface area contributed by atoms with Crippen molar-refractivity contribution in [1.29, 1.82) is 0 Å². The maximum absolute atomic E-state index is 2.22. The molecule has 2 rings (SSSR count). The van der Waals surface area contributed by atoms with Gasteiger partial charge in [-0.25, -0.2) is 0 Å². The first-order valence-corrected chi connectivity index (χ1v) is 6.64. The monoisotopic (exact) mass is 202 g/mol. The van der Waals surface area contributed by atoms with Crippen LogP contribution in [0.5, 0.6) is 0 Å². The maximum Gasteiger partial charge on any atom is 0.0601 e. The molecule has 60 valence electrons. The smallest absolute Gasteiger partial charge is 0.0601 e. The summed E-state index contributed by atoms with van der Waals surface area (Å²) in [7, 11) is 0. The van der Waals surface area contributed by atoms with Crippen LogP contribution < -0.4 is 0 Å². The van der Waals surface area contributed by atoms with E-state index in [4.69, 9.17) is 0 Å². The highest BCUT2D eigenvalue weighted by molar-refractivity contribution is 8.05. The molecule has 1 aliphatic rings. The fraction of sp³-hybridized carbons (Fsp3) is 0.500. The Kier molecular flexibility index (Phi) is 2.82. The molecular weight excluding hydrogens is 192 g/mol. The lowest BCUT2D eigenvalue weighted by Gasteiger charge is -2.03. The van der Waals surface area contributed by atoms with Crippen LogP contribution in [0.25, 0.3) is 0 Å². The van der Waals surface area contributed by atoms with E-state index in [0.29, 0.717) is 0 Å². The largest absolute Gasteiger partial charge is 0.161 e. The van der Waals surface area contributed by atoms with Gasteiger partial charge in [0.15, 0.2) is 0 Å². The highest BCUT2D eigenvalue weighted by Gasteiger charge is 2.16. The lowest BCUT2D eigenvalue weighted by atomic mass is 10.4. The van der Waals surface area contributed by atoms with Gasteiger partial charge in [-0.2, -0.15) is 11.8 Å². The van der Waals surface area contributed by atoms with Gasteiger partial charge in [0.1, 0.15) is 0 Å². The molecule has 1 aromatic rings. The number of hydrogen-bond donors (Lipinski definition) is 0. The summed E-state index contributed by atoms with van der Waals surface area (Å²) in [5.41, 5.74) is 0. The van der Waals surface area contributed by atoms with Crippen LogP contribution in [0.15, 0.2) is 21.7 Å². The van der Waals surface area contributed by atoms with E-state index in [1.807, 2.05) is 11.3 Å². The molecule has 0 nitrogen and oxygen atoms in total. The summed E-state index contributed by atoms with van der Waals surface area (Å²) in [4.78, 5) is 0. The molecule has 0 aromatic carbocycles. The zero-order chi connectivity index (χ0) is 7.52. The minimum Gasteiger partial charge on any atom is -0.161 e. The van der Waals surface area contributed by atoms with Gasteiger partial charge in [0.25, 0.3) is 0 Å². The van der Waals surface area contributed by atoms with E-state index >= 15 is 0 Å². The molecule has 0 N–H and O–H groups in total. The average Bonchev–Trinajstić information content (AvgIpc) is 2.60. The summed E-state index contributed by atoms with van der Waals surface area (Å²) in [6, 6.07) is 4.35.